The van der Waals surface area contributed by atoms with Gasteiger partial charge in [-0.3, -0.25) is 4.98 Å². The number of aliphatic hydroxyl groups is 1. The summed E-state index contributed by atoms with van der Waals surface area (Å²) >= 11 is 0. The standard InChI is InChI=1S/C22H26N4O2S/c1-15-4-5-18(29(28)26-11-8-22(2,3)27)13-19(15)17-12-20(21(23)25-14-17)16-6-9-24-10-7-16/h4-7,9-10,12-14,26-27H,8,11H2,1-3H3,(H2,23,25). The lowest BCUT2D eigenvalue weighted by Crippen LogP contribution is -2.27. The number of aromatic nitrogens is 2. The van der Waals surface area contributed by atoms with Gasteiger partial charge in [0.2, 0.25) is 0 Å². The number of aryl methyl sites for hydroxylation is 1. The van der Waals surface area contributed by atoms with Gasteiger partial charge in [0.25, 0.3) is 0 Å². The highest BCUT2D eigenvalue weighted by Gasteiger charge is 2.14. The topological polar surface area (TPSA) is 101 Å². The zero-order valence-corrected chi connectivity index (χ0v) is 17.7. The van der Waals surface area contributed by atoms with Crippen LogP contribution in [0.1, 0.15) is 25.8 Å². The minimum atomic E-state index is -1.37. The van der Waals surface area contributed by atoms with Crippen LogP contribution >= 0.6 is 0 Å². The van der Waals surface area contributed by atoms with E-state index in [9.17, 15) is 9.32 Å². The third-order valence-corrected chi connectivity index (χ3v) is 5.76. The lowest BCUT2D eigenvalue weighted by atomic mass is 9.98. The summed E-state index contributed by atoms with van der Waals surface area (Å²) in [5, 5.41) is 9.81. The van der Waals surface area contributed by atoms with Crippen molar-refractivity contribution in [3.63, 3.8) is 0 Å². The molecule has 2 heterocycles. The summed E-state index contributed by atoms with van der Waals surface area (Å²) in [6, 6.07) is 11.5. The molecule has 0 aliphatic rings. The van der Waals surface area contributed by atoms with Gasteiger partial charge in [0.1, 0.15) is 16.8 Å². The van der Waals surface area contributed by atoms with Gasteiger partial charge in [-0.15, -0.1) is 0 Å². The van der Waals surface area contributed by atoms with Crippen LogP contribution in [0.4, 0.5) is 5.82 Å². The molecule has 6 nitrogen and oxygen atoms in total. The number of anilines is 1. The van der Waals surface area contributed by atoms with E-state index < -0.39 is 16.6 Å². The van der Waals surface area contributed by atoms with Crippen molar-refractivity contribution in [2.75, 3.05) is 12.3 Å². The first-order valence-electron chi connectivity index (χ1n) is 9.39. The molecule has 4 N–H and O–H groups in total. The number of hydrogen-bond acceptors (Lipinski definition) is 5. The molecule has 0 spiro atoms. The molecule has 0 saturated carbocycles. The number of nitrogens with zero attached hydrogens (tertiary/aromatic N) is 2. The summed E-state index contributed by atoms with van der Waals surface area (Å²) in [6.45, 7) is 5.92. The lowest BCUT2D eigenvalue weighted by molar-refractivity contribution is 0.0728. The summed E-state index contributed by atoms with van der Waals surface area (Å²) in [5.41, 5.74) is 9.97. The molecule has 1 unspecified atom stereocenters. The third kappa shape index (κ3) is 5.47. The molecule has 29 heavy (non-hydrogen) atoms. The largest absolute Gasteiger partial charge is 0.390 e. The molecule has 0 bridgehead atoms. The molecule has 3 rings (SSSR count). The van der Waals surface area contributed by atoms with Crippen LogP contribution < -0.4 is 10.5 Å². The average Bonchev–Trinajstić information content (AvgIpc) is 2.68. The molecule has 152 valence electrons. The van der Waals surface area contributed by atoms with E-state index in [-0.39, 0.29) is 0 Å². The Morgan fingerprint density at radius 1 is 1.10 bits per heavy atom. The van der Waals surface area contributed by atoms with Gasteiger partial charge >= 0.3 is 0 Å². The fourth-order valence-electron chi connectivity index (χ4n) is 2.95. The van der Waals surface area contributed by atoms with Crippen molar-refractivity contribution in [3.05, 3.63) is 60.6 Å². The first-order chi connectivity index (χ1) is 13.7. The Morgan fingerprint density at radius 3 is 2.52 bits per heavy atom. The molecule has 0 amide bonds. The number of hydrogen-bond donors (Lipinski definition) is 3. The number of rotatable bonds is 7. The second-order valence-electron chi connectivity index (χ2n) is 7.59. The molecule has 0 aliphatic carbocycles. The van der Waals surface area contributed by atoms with E-state index in [0.29, 0.717) is 23.7 Å². The van der Waals surface area contributed by atoms with Gasteiger partial charge in [-0.25, -0.2) is 13.9 Å². The van der Waals surface area contributed by atoms with Crippen molar-refractivity contribution < 1.29 is 9.32 Å². The fourth-order valence-corrected chi connectivity index (χ4v) is 3.82. The molecule has 2 aromatic heterocycles. The Morgan fingerprint density at radius 2 is 1.83 bits per heavy atom. The van der Waals surface area contributed by atoms with E-state index in [1.807, 2.05) is 43.3 Å². The molecule has 0 radical (unpaired) electrons. The van der Waals surface area contributed by atoms with Gasteiger partial charge in [0.15, 0.2) is 0 Å². The summed E-state index contributed by atoms with van der Waals surface area (Å²) in [5.74, 6) is 0.450. The van der Waals surface area contributed by atoms with Crippen LogP contribution in [0.3, 0.4) is 0 Å². The fraction of sp³-hybridized carbons (Fsp3) is 0.273. The number of nitrogens with two attached hydrogens (primary N) is 1. The number of nitrogens with one attached hydrogen (secondary N) is 1. The minimum absolute atomic E-state index is 0.450. The van der Waals surface area contributed by atoms with Crippen LogP contribution in [0.5, 0.6) is 0 Å². The van der Waals surface area contributed by atoms with Crippen molar-refractivity contribution >= 4 is 16.8 Å². The summed E-state index contributed by atoms with van der Waals surface area (Å²) < 4.78 is 15.6. The molecule has 1 atom stereocenters. The molecule has 0 saturated heterocycles. The Bertz CT molecular complexity index is 1020. The van der Waals surface area contributed by atoms with E-state index in [2.05, 4.69) is 14.7 Å². The maximum Gasteiger partial charge on any atom is 0.131 e. The molecule has 3 aromatic rings. The first-order valence-corrected chi connectivity index (χ1v) is 10.5. The first kappa shape index (κ1) is 21.1. The van der Waals surface area contributed by atoms with Crippen LogP contribution in [0.25, 0.3) is 22.3 Å². The van der Waals surface area contributed by atoms with Crippen LogP contribution in [-0.4, -0.2) is 31.4 Å². The van der Waals surface area contributed by atoms with Gasteiger partial charge in [-0.05, 0) is 74.2 Å². The minimum Gasteiger partial charge on any atom is -0.390 e. The predicted molar refractivity (Wildman–Crippen MR) is 117 cm³/mol. The number of nitrogen functional groups attached to an aromatic ring is 1. The highest BCUT2D eigenvalue weighted by atomic mass is 32.2. The van der Waals surface area contributed by atoms with Gasteiger partial charge in [0.05, 0.1) is 10.5 Å². The SMILES string of the molecule is Cc1ccc(S(=O)NCCC(C)(C)O)cc1-c1cnc(N)c(-c2ccncc2)c1. The van der Waals surface area contributed by atoms with E-state index in [1.54, 1.807) is 32.4 Å². The average molecular weight is 411 g/mol. The highest BCUT2D eigenvalue weighted by molar-refractivity contribution is 7.83. The maximum atomic E-state index is 12.6. The second-order valence-corrected chi connectivity index (χ2v) is 8.89. The van der Waals surface area contributed by atoms with Crippen molar-refractivity contribution in [2.45, 2.75) is 37.7 Å². The van der Waals surface area contributed by atoms with Crippen LogP contribution in [0.15, 0.2) is 59.9 Å². The maximum absolute atomic E-state index is 12.6. The molecular weight excluding hydrogens is 384 g/mol. The van der Waals surface area contributed by atoms with Gasteiger partial charge in [-0.2, -0.15) is 0 Å². The van der Waals surface area contributed by atoms with E-state index in [0.717, 1.165) is 27.8 Å². The van der Waals surface area contributed by atoms with E-state index in [4.69, 9.17) is 5.73 Å². The summed E-state index contributed by atoms with van der Waals surface area (Å²) in [4.78, 5) is 9.08. The van der Waals surface area contributed by atoms with Crippen LogP contribution in [0.2, 0.25) is 0 Å². The lowest BCUT2D eigenvalue weighted by Gasteiger charge is -2.17. The van der Waals surface area contributed by atoms with Gasteiger partial charge < -0.3 is 10.8 Å². The Balaban J connectivity index is 1.90. The molecule has 7 heteroatoms. The normalized spacial score (nSPS) is 12.7. The predicted octanol–water partition coefficient (Wildman–Crippen LogP) is 3.47. The Labute approximate surface area is 173 Å². The summed E-state index contributed by atoms with van der Waals surface area (Å²) in [6.07, 6.45) is 5.68. The highest BCUT2D eigenvalue weighted by Crippen LogP contribution is 2.31. The van der Waals surface area contributed by atoms with Crippen molar-refractivity contribution in [2.24, 2.45) is 0 Å². The molecule has 0 aliphatic heterocycles. The van der Waals surface area contributed by atoms with Crippen molar-refractivity contribution in [1.29, 1.82) is 0 Å². The summed E-state index contributed by atoms with van der Waals surface area (Å²) in [7, 11) is -1.37. The zero-order chi connectivity index (χ0) is 21.0. The number of benzene rings is 1. The van der Waals surface area contributed by atoms with E-state index >= 15 is 0 Å². The zero-order valence-electron chi connectivity index (χ0n) is 16.8. The van der Waals surface area contributed by atoms with Gasteiger partial charge in [-0.1, -0.05) is 6.07 Å². The molecular formula is C22H26N4O2S. The van der Waals surface area contributed by atoms with E-state index in [1.165, 1.54) is 0 Å². The van der Waals surface area contributed by atoms with Crippen molar-refractivity contribution in [3.8, 4) is 22.3 Å². The monoisotopic (exact) mass is 410 g/mol. The third-order valence-electron chi connectivity index (χ3n) is 4.61. The Kier molecular flexibility index (Phi) is 6.42. The Hall–Kier alpha value is -2.61. The number of pyridine rings is 2. The van der Waals surface area contributed by atoms with Crippen molar-refractivity contribution in [1.82, 2.24) is 14.7 Å². The second kappa shape index (κ2) is 8.82. The van der Waals surface area contributed by atoms with Gasteiger partial charge in [0, 0.05) is 36.3 Å². The van der Waals surface area contributed by atoms with Crippen LogP contribution in [-0.2, 0) is 11.0 Å². The quantitative estimate of drug-likeness (QED) is 0.554. The molecule has 0 fully saturated rings. The smallest absolute Gasteiger partial charge is 0.131 e. The van der Waals surface area contributed by atoms with Crippen LogP contribution in [0, 0.1) is 6.92 Å². The molecule has 1 aromatic carbocycles.